The Kier molecular flexibility index (Phi) is 7.46. The van der Waals surface area contributed by atoms with E-state index in [1.807, 2.05) is 0 Å². The van der Waals surface area contributed by atoms with E-state index in [1.54, 1.807) is 24.3 Å². The van der Waals surface area contributed by atoms with Crippen LogP contribution in [-0.4, -0.2) is 37.5 Å². The molecule has 0 radical (unpaired) electrons. The van der Waals surface area contributed by atoms with Crippen molar-refractivity contribution in [1.29, 1.82) is 0 Å². The predicted molar refractivity (Wildman–Crippen MR) is 127 cm³/mol. The van der Waals surface area contributed by atoms with E-state index < -0.39 is 12.7 Å². The molecule has 1 aliphatic heterocycles. The SMILES string of the molecule is FC(F)(F)Oc1ccc(C=CC(C=Cc2ccc(OC(F)(F)F)cc2)=NNC2=NCC3(CC3)CN2)cc1. The van der Waals surface area contributed by atoms with Crippen LogP contribution < -0.4 is 20.2 Å². The number of hydrogen-bond acceptors (Lipinski definition) is 6. The van der Waals surface area contributed by atoms with Crippen LogP contribution in [0.3, 0.4) is 0 Å². The van der Waals surface area contributed by atoms with Gasteiger partial charge in [-0.1, -0.05) is 36.4 Å². The van der Waals surface area contributed by atoms with Gasteiger partial charge in [0, 0.05) is 12.0 Å². The highest BCUT2D eigenvalue weighted by Gasteiger charge is 2.44. The van der Waals surface area contributed by atoms with E-state index in [0.717, 1.165) is 19.4 Å². The monoisotopic (exact) mass is 524 g/mol. The summed E-state index contributed by atoms with van der Waals surface area (Å²) in [6.45, 7) is 1.51. The van der Waals surface area contributed by atoms with Crippen molar-refractivity contribution in [1.82, 2.24) is 10.7 Å². The molecule has 2 aromatic rings. The van der Waals surface area contributed by atoms with E-state index in [4.69, 9.17) is 0 Å². The molecule has 1 saturated carbocycles. The number of benzene rings is 2. The van der Waals surface area contributed by atoms with Crippen molar-refractivity contribution < 1.29 is 35.8 Å². The quantitative estimate of drug-likeness (QED) is 0.269. The number of allylic oxidation sites excluding steroid dienone is 2. The zero-order chi connectivity index (χ0) is 26.5. The van der Waals surface area contributed by atoms with Crippen molar-refractivity contribution >= 4 is 23.8 Å². The molecule has 37 heavy (non-hydrogen) atoms. The summed E-state index contributed by atoms with van der Waals surface area (Å²) in [6, 6.07) is 10.6. The van der Waals surface area contributed by atoms with Gasteiger partial charge in [-0.05, 0) is 60.4 Å². The smallest absolute Gasteiger partial charge is 0.406 e. The lowest BCUT2D eigenvalue weighted by Gasteiger charge is -2.21. The molecule has 0 saturated heterocycles. The van der Waals surface area contributed by atoms with Gasteiger partial charge in [0.2, 0.25) is 5.96 Å². The number of alkyl halides is 6. The third-order valence-electron chi connectivity index (χ3n) is 5.57. The molecule has 1 fully saturated rings. The van der Waals surface area contributed by atoms with Gasteiger partial charge in [0.05, 0.1) is 12.3 Å². The summed E-state index contributed by atoms with van der Waals surface area (Å²) >= 11 is 0. The second kappa shape index (κ2) is 10.6. The van der Waals surface area contributed by atoms with Crippen LogP contribution in [0.5, 0.6) is 11.5 Å². The first-order valence-electron chi connectivity index (χ1n) is 11.2. The van der Waals surface area contributed by atoms with E-state index >= 15 is 0 Å². The molecule has 0 atom stereocenters. The van der Waals surface area contributed by atoms with Crippen LogP contribution in [0.15, 0.2) is 70.8 Å². The molecule has 0 amide bonds. The summed E-state index contributed by atoms with van der Waals surface area (Å²) in [5.41, 5.74) is 4.72. The average molecular weight is 524 g/mol. The number of aliphatic imine (C=N–C) groups is 1. The van der Waals surface area contributed by atoms with Gasteiger partial charge in [0.1, 0.15) is 11.5 Å². The van der Waals surface area contributed by atoms with Gasteiger partial charge >= 0.3 is 12.7 Å². The maximum Gasteiger partial charge on any atom is 0.573 e. The molecule has 0 aromatic heterocycles. The van der Waals surface area contributed by atoms with Crippen molar-refractivity contribution in [2.75, 3.05) is 13.1 Å². The largest absolute Gasteiger partial charge is 0.573 e. The van der Waals surface area contributed by atoms with Crippen LogP contribution in [0.25, 0.3) is 12.2 Å². The summed E-state index contributed by atoms with van der Waals surface area (Å²) in [7, 11) is 0. The fourth-order valence-corrected chi connectivity index (χ4v) is 3.39. The summed E-state index contributed by atoms with van der Waals surface area (Å²) in [5, 5.41) is 7.53. The molecule has 1 spiro atoms. The number of nitrogens with zero attached hydrogens (tertiary/aromatic N) is 2. The van der Waals surface area contributed by atoms with Gasteiger partial charge < -0.3 is 14.8 Å². The molecule has 12 heteroatoms. The van der Waals surface area contributed by atoms with E-state index in [2.05, 4.69) is 30.3 Å². The van der Waals surface area contributed by atoms with E-state index in [9.17, 15) is 26.3 Å². The standard InChI is InChI=1S/C25H22F6N4O2/c26-24(27,28)36-20-9-3-17(4-10-20)1-7-19(34-35-22-32-15-23(13-14-23)16-33-22)8-2-18-5-11-21(12-6-18)37-25(29,30)31/h1-12H,13-16H2,(H2,32,33,35). The highest BCUT2D eigenvalue weighted by molar-refractivity contribution is 6.09. The van der Waals surface area contributed by atoms with Crippen LogP contribution in [0.2, 0.25) is 0 Å². The average Bonchev–Trinajstić information content (AvgIpc) is 3.58. The number of rotatable bonds is 7. The summed E-state index contributed by atoms with van der Waals surface area (Å²) in [5.74, 6) is -0.167. The minimum atomic E-state index is -4.78. The number of hydrogen-bond donors (Lipinski definition) is 2. The second-order valence-electron chi connectivity index (χ2n) is 8.57. The first-order chi connectivity index (χ1) is 17.5. The van der Waals surface area contributed by atoms with Gasteiger partial charge in [-0.2, -0.15) is 5.10 Å². The molecule has 2 aromatic carbocycles. The van der Waals surface area contributed by atoms with Crippen LogP contribution in [0, 0.1) is 5.41 Å². The third kappa shape index (κ3) is 8.58. The number of guanidine groups is 1. The number of hydrazone groups is 1. The Morgan fingerprint density at radius 1 is 0.838 bits per heavy atom. The molecule has 1 aliphatic carbocycles. The van der Waals surface area contributed by atoms with Gasteiger partial charge in [-0.3, -0.25) is 4.99 Å². The Balaban J connectivity index is 1.47. The first-order valence-corrected chi connectivity index (χ1v) is 11.2. The van der Waals surface area contributed by atoms with Crippen molar-refractivity contribution in [2.24, 2.45) is 15.5 Å². The molecule has 2 aliphatic rings. The number of nitrogens with one attached hydrogen (secondary N) is 2. The predicted octanol–water partition coefficient (Wildman–Crippen LogP) is 5.90. The Morgan fingerprint density at radius 3 is 1.70 bits per heavy atom. The molecule has 196 valence electrons. The molecule has 0 unspecified atom stereocenters. The van der Waals surface area contributed by atoms with Crippen LogP contribution >= 0.6 is 0 Å². The minimum absolute atomic E-state index is 0.252. The highest BCUT2D eigenvalue weighted by Crippen LogP contribution is 2.46. The van der Waals surface area contributed by atoms with Gasteiger partial charge in [-0.25, -0.2) is 5.43 Å². The maximum absolute atomic E-state index is 12.4. The number of halogens is 6. The maximum atomic E-state index is 12.4. The first kappa shape index (κ1) is 26.1. The second-order valence-corrected chi connectivity index (χ2v) is 8.57. The normalized spacial score (nSPS) is 16.9. The molecular weight excluding hydrogens is 502 g/mol. The van der Waals surface area contributed by atoms with Crippen LogP contribution in [0.4, 0.5) is 26.3 Å². The zero-order valence-electron chi connectivity index (χ0n) is 19.2. The fraction of sp³-hybridized carbons (Fsp3) is 0.280. The van der Waals surface area contributed by atoms with E-state index in [0.29, 0.717) is 29.3 Å². The van der Waals surface area contributed by atoms with Crippen molar-refractivity contribution in [3.05, 3.63) is 71.8 Å². The number of ether oxygens (including phenoxy) is 2. The molecule has 6 nitrogen and oxygen atoms in total. The van der Waals surface area contributed by atoms with Gasteiger partial charge in [0.15, 0.2) is 0 Å². The highest BCUT2D eigenvalue weighted by atomic mass is 19.4. The summed E-state index contributed by atoms with van der Waals surface area (Å²) in [6.07, 6.45) is -0.770. The van der Waals surface area contributed by atoms with Crippen molar-refractivity contribution in [3.8, 4) is 11.5 Å². The lowest BCUT2D eigenvalue weighted by Crippen LogP contribution is -2.43. The van der Waals surface area contributed by atoms with Gasteiger partial charge in [-0.15, -0.1) is 26.3 Å². The van der Waals surface area contributed by atoms with Crippen molar-refractivity contribution in [3.63, 3.8) is 0 Å². The zero-order valence-corrected chi connectivity index (χ0v) is 19.2. The molecule has 1 heterocycles. The lowest BCUT2D eigenvalue weighted by atomic mass is 10.1. The van der Waals surface area contributed by atoms with Gasteiger partial charge in [0.25, 0.3) is 0 Å². The van der Waals surface area contributed by atoms with E-state index in [1.165, 1.54) is 48.5 Å². The van der Waals surface area contributed by atoms with Crippen LogP contribution in [0.1, 0.15) is 24.0 Å². The van der Waals surface area contributed by atoms with Crippen LogP contribution in [-0.2, 0) is 0 Å². The fourth-order valence-electron chi connectivity index (χ4n) is 3.39. The summed E-state index contributed by atoms with van der Waals surface area (Å²) in [4.78, 5) is 4.46. The molecule has 4 rings (SSSR count). The summed E-state index contributed by atoms with van der Waals surface area (Å²) < 4.78 is 81.9. The minimum Gasteiger partial charge on any atom is -0.406 e. The Morgan fingerprint density at radius 2 is 1.32 bits per heavy atom. The molecule has 0 bridgehead atoms. The molecular formula is C25H22F6N4O2. The Hall–Kier alpha value is -3.96. The topological polar surface area (TPSA) is 67.2 Å². The van der Waals surface area contributed by atoms with E-state index in [-0.39, 0.29) is 16.9 Å². The Labute approximate surface area is 208 Å². The lowest BCUT2D eigenvalue weighted by molar-refractivity contribution is -0.275. The molecule has 2 N–H and O–H groups in total. The Bertz CT molecular complexity index is 1120. The van der Waals surface area contributed by atoms with Crippen molar-refractivity contribution in [2.45, 2.75) is 25.6 Å². The third-order valence-corrected chi connectivity index (χ3v) is 5.57.